The van der Waals surface area contributed by atoms with E-state index >= 15 is 0 Å². The van der Waals surface area contributed by atoms with E-state index in [1.165, 1.54) is 22.8 Å². The minimum Gasteiger partial charge on any atom is -0.274 e. The fourth-order valence-electron chi connectivity index (χ4n) is 2.12. The number of rotatable bonds is 4. The van der Waals surface area contributed by atoms with E-state index < -0.39 is 0 Å². The average Bonchev–Trinajstić information content (AvgIpc) is 3.08. The van der Waals surface area contributed by atoms with Gasteiger partial charge in [-0.25, -0.2) is 4.98 Å². The second-order valence-electron chi connectivity index (χ2n) is 5.03. The predicted molar refractivity (Wildman–Crippen MR) is 97.9 cm³/mol. The Kier molecular flexibility index (Phi) is 5.15. The van der Waals surface area contributed by atoms with Crippen LogP contribution in [0, 0.1) is 0 Å². The molecule has 0 spiro atoms. The van der Waals surface area contributed by atoms with E-state index in [4.69, 9.17) is 0 Å². The van der Waals surface area contributed by atoms with E-state index in [-0.39, 0.29) is 23.1 Å². The molecule has 0 saturated heterocycles. The third-order valence-corrected chi connectivity index (χ3v) is 4.94. The molecule has 0 fully saturated rings. The van der Waals surface area contributed by atoms with E-state index in [9.17, 15) is 14.4 Å². The summed E-state index contributed by atoms with van der Waals surface area (Å²) in [5.74, 6) is -0.741. The van der Waals surface area contributed by atoms with Crippen LogP contribution < -0.4 is 16.4 Å². The van der Waals surface area contributed by atoms with Gasteiger partial charge in [-0.05, 0) is 23.6 Å². The van der Waals surface area contributed by atoms with E-state index in [1.54, 1.807) is 6.07 Å². The van der Waals surface area contributed by atoms with Crippen molar-refractivity contribution in [1.29, 1.82) is 0 Å². The first-order valence-corrected chi connectivity index (χ1v) is 9.16. The van der Waals surface area contributed by atoms with Crippen LogP contribution in [0.25, 0.3) is 15.9 Å². The third kappa shape index (κ3) is 3.89. The minimum atomic E-state index is -0.389. The van der Waals surface area contributed by atoms with Crippen LogP contribution in [0.5, 0.6) is 0 Å². The topological polar surface area (TPSA) is 93.1 Å². The first-order valence-electron chi connectivity index (χ1n) is 7.30. The molecule has 7 nitrogen and oxygen atoms in total. The lowest BCUT2D eigenvalue weighted by molar-refractivity contribution is -0.126. The first kappa shape index (κ1) is 17.2. The van der Waals surface area contributed by atoms with E-state index in [0.717, 1.165) is 11.8 Å². The van der Waals surface area contributed by atoms with Crippen LogP contribution in [-0.2, 0) is 9.59 Å². The summed E-state index contributed by atoms with van der Waals surface area (Å²) in [4.78, 5) is 40.6. The zero-order chi connectivity index (χ0) is 17.8. The molecule has 0 bridgehead atoms. The molecule has 2 heterocycles. The van der Waals surface area contributed by atoms with Crippen molar-refractivity contribution >= 4 is 45.1 Å². The number of fused-ring (bicyclic) bond motifs is 1. The molecule has 0 unspecified atom stereocenters. The van der Waals surface area contributed by atoms with Gasteiger partial charge in [-0.2, -0.15) is 0 Å². The number of thioether (sulfide) groups is 1. The zero-order valence-corrected chi connectivity index (χ0v) is 14.8. The van der Waals surface area contributed by atoms with Crippen molar-refractivity contribution in [2.24, 2.45) is 0 Å². The van der Waals surface area contributed by atoms with Crippen molar-refractivity contribution in [2.75, 3.05) is 5.75 Å². The molecule has 2 aromatic heterocycles. The number of thiophene rings is 1. The Morgan fingerprint density at radius 1 is 1.20 bits per heavy atom. The van der Waals surface area contributed by atoms with Gasteiger partial charge in [-0.3, -0.25) is 29.8 Å². The molecule has 0 radical (unpaired) electrons. The standard InChI is InChI=1S/C16H14N4O3S2/c1-10(21)18-19-13(22)9-25-16-17-14-12(7-8-24-14)15(23)20(16)11-5-3-2-4-6-11/h2-8H,9H2,1H3,(H,18,21)(H,19,22). The highest BCUT2D eigenvalue weighted by molar-refractivity contribution is 7.99. The summed E-state index contributed by atoms with van der Waals surface area (Å²) >= 11 is 2.50. The van der Waals surface area contributed by atoms with Gasteiger partial charge in [-0.15, -0.1) is 11.3 Å². The lowest BCUT2D eigenvalue weighted by Gasteiger charge is -2.12. The van der Waals surface area contributed by atoms with Gasteiger partial charge in [-0.1, -0.05) is 30.0 Å². The number of hydrogen-bond donors (Lipinski definition) is 2. The number of hydrogen-bond acceptors (Lipinski definition) is 6. The molecule has 3 rings (SSSR count). The average molecular weight is 374 g/mol. The van der Waals surface area contributed by atoms with Gasteiger partial charge in [0.25, 0.3) is 5.56 Å². The van der Waals surface area contributed by atoms with Crippen molar-refractivity contribution in [2.45, 2.75) is 12.1 Å². The predicted octanol–water partition coefficient (Wildman–Crippen LogP) is 1.71. The molecule has 9 heteroatoms. The monoisotopic (exact) mass is 374 g/mol. The second-order valence-corrected chi connectivity index (χ2v) is 6.87. The van der Waals surface area contributed by atoms with Crippen LogP contribution in [-0.4, -0.2) is 27.1 Å². The summed E-state index contributed by atoms with van der Waals surface area (Å²) < 4.78 is 1.49. The lowest BCUT2D eigenvalue weighted by Crippen LogP contribution is -2.41. The number of nitrogens with one attached hydrogen (secondary N) is 2. The van der Waals surface area contributed by atoms with Crippen molar-refractivity contribution in [3.8, 4) is 5.69 Å². The Balaban J connectivity index is 1.95. The molecule has 2 amide bonds. The third-order valence-electron chi connectivity index (χ3n) is 3.19. The first-order chi connectivity index (χ1) is 12.1. The molecular formula is C16H14N4O3S2. The molecule has 0 atom stereocenters. The Bertz CT molecular complexity index is 982. The van der Waals surface area contributed by atoms with Crippen molar-refractivity contribution in [3.63, 3.8) is 0 Å². The van der Waals surface area contributed by atoms with Crippen molar-refractivity contribution in [1.82, 2.24) is 20.4 Å². The van der Waals surface area contributed by atoms with Gasteiger partial charge in [0.15, 0.2) is 5.16 Å². The molecule has 0 saturated carbocycles. The van der Waals surface area contributed by atoms with Gasteiger partial charge in [0.05, 0.1) is 16.8 Å². The molecule has 2 N–H and O–H groups in total. The van der Waals surface area contributed by atoms with Crippen LogP contribution in [0.1, 0.15) is 6.92 Å². The number of hydrazine groups is 1. The SMILES string of the molecule is CC(=O)NNC(=O)CSc1nc2sccc2c(=O)n1-c1ccccc1. The Morgan fingerprint density at radius 3 is 2.68 bits per heavy atom. The normalized spacial score (nSPS) is 10.6. The lowest BCUT2D eigenvalue weighted by atomic mass is 10.3. The van der Waals surface area contributed by atoms with E-state index in [0.29, 0.717) is 21.1 Å². The summed E-state index contributed by atoms with van der Waals surface area (Å²) in [6.45, 7) is 1.30. The highest BCUT2D eigenvalue weighted by Crippen LogP contribution is 2.23. The molecule has 0 aliphatic carbocycles. The molecule has 0 aliphatic rings. The van der Waals surface area contributed by atoms with Crippen molar-refractivity contribution in [3.05, 3.63) is 52.1 Å². The van der Waals surface area contributed by atoms with Crippen molar-refractivity contribution < 1.29 is 9.59 Å². The fraction of sp³-hybridized carbons (Fsp3) is 0.125. The number of nitrogens with zero attached hydrogens (tertiary/aromatic N) is 2. The Hall–Kier alpha value is -2.65. The summed E-state index contributed by atoms with van der Waals surface area (Å²) in [6, 6.07) is 10.9. The van der Waals surface area contributed by atoms with Crippen LogP contribution in [0.4, 0.5) is 0 Å². The molecule has 3 aromatic rings. The molecular weight excluding hydrogens is 360 g/mol. The van der Waals surface area contributed by atoms with Gasteiger partial charge in [0.1, 0.15) is 4.83 Å². The van der Waals surface area contributed by atoms with Crippen LogP contribution >= 0.6 is 23.1 Å². The van der Waals surface area contributed by atoms with Gasteiger partial charge >= 0.3 is 0 Å². The van der Waals surface area contributed by atoms with E-state index in [1.807, 2.05) is 35.7 Å². The fourth-order valence-corrected chi connectivity index (χ4v) is 3.74. The van der Waals surface area contributed by atoms with E-state index in [2.05, 4.69) is 15.8 Å². The highest BCUT2D eigenvalue weighted by Gasteiger charge is 2.15. The molecule has 1 aromatic carbocycles. The second kappa shape index (κ2) is 7.49. The van der Waals surface area contributed by atoms with Crippen LogP contribution in [0.2, 0.25) is 0 Å². The zero-order valence-electron chi connectivity index (χ0n) is 13.2. The van der Waals surface area contributed by atoms with Gasteiger partial charge in [0.2, 0.25) is 11.8 Å². The summed E-state index contributed by atoms with van der Waals surface area (Å²) in [5, 5.41) is 2.77. The number of benzene rings is 1. The summed E-state index contributed by atoms with van der Waals surface area (Å²) in [5.41, 5.74) is 5.01. The molecule has 25 heavy (non-hydrogen) atoms. The number of carbonyl (C=O) groups is 2. The maximum atomic E-state index is 12.8. The molecule has 128 valence electrons. The quantitative estimate of drug-likeness (QED) is 0.412. The number of aromatic nitrogens is 2. The summed E-state index contributed by atoms with van der Waals surface area (Å²) in [7, 11) is 0. The molecule has 0 aliphatic heterocycles. The smallest absolute Gasteiger partial charge is 0.267 e. The van der Waals surface area contributed by atoms with Crippen LogP contribution in [0.3, 0.4) is 0 Å². The number of amides is 2. The Labute approximate surface area is 151 Å². The summed E-state index contributed by atoms with van der Waals surface area (Å²) in [6.07, 6.45) is 0. The Morgan fingerprint density at radius 2 is 1.96 bits per heavy atom. The number of carbonyl (C=O) groups excluding carboxylic acids is 2. The minimum absolute atomic E-state index is 0.0104. The maximum Gasteiger partial charge on any atom is 0.267 e. The highest BCUT2D eigenvalue weighted by atomic mass is 32.2. The largest absolute Gasteiger partial charge is 0.274 e. The maximum absolute atomic E-state index is 12.8. The van der Waals surface area contributed by atoms with Crippen LogP contribution in [0.15, 0.2) is 51.7 Å². The van der Waals surface area contributed by atoms with Gasteiger partial charge in [0, 0.05) is 6.92 Å². The number of para-hydroxylation sites is 1. The van der Waals surface area contributed by atoms with Gasteiger partial charge < -0.3 is 0 Å².